The van der Waals surface area contributed by atoms with E-state index in [2.05, 4.69) is 6.92 Å². The maximum absolute atomic E-state index is 10.8. The number of ether oxygens (including phenoxy) is 2. The van der Waals surface area contributed by atoms with Crippen LogP contribution in [0, 0.1) is 0 Å². The summed E-state index contributed by atoms with van der Waals surface area (Å²) in [6.07, 6.45) is 3.95. The molecule has 16 heavy (non-hydrogen) atoms. The number of hydrogen-bond donors (Lipinski definition) is 0. The molecule has 1 aromatic rings. The van der Waals surface area contributed by atoms with E-state index in [1.807, 2.05) is 6.07 Å². The van der Waals surface area contributed by atoms with Crippen LogP contribution < -0.4 is 9.47 Å². The normalized spacial score (nSPS) is 9.94. The van der Waals surface area contributed by atoms with Crippen molar-refractivity contribution in [3.63, 3.8) is 0 Å². The number of aldehydes is 1. The van der Waals surface area contributed by atoms with E-state index >= 15 is 0 Å². The highest BCUT2D eigenvalue weighted by Crippen LogP contribution is 2.28. The van der Waals surface area contributed by atoms with E-state index in [1.165, 1.54) is 0 Å². The number of methoxy groups -OCH3 is 2. The molecule has 0 saturated heterocycles. The molecule has 3 heteroatoms. The molecule has 0 spiro atoms. The predicted octanol–water partition coefficient (Wildman–Crippen LogP) is 2.86. The van der Waals surface area contributed by atoms with Crippen molar-refractivity contribution in [1.82, 2.24) is 0 Å². The van der Waals surface area contributed by atoms with Gasteiger partial charge in [-0.3, -0.25) is 4.79 Å². The van der Waals surface area contributed by atoms with Crippen molar-refractivity contribution in [1.29, 1.82) is 0 Å². The largest absolute Gasteiger partial charge is 0.496 e. The van der Waals surface area contributed by atoms with E-state index in [-0.39, 0.29) is 0 Å². The van der Waals surface area contributed by atoms with Gasteiger partial charge < -0.3 is 9.47 Å². The number of carbonyl (C=O) groups is 1. The zero-order valence-electron chi connectivity index (χ0n) is 10.1. The Morgan fingerprint density at radius 3 is 2.38 bits per heavy atom. The van der Waals surface area contributed by atoms with Gasteiger partial charge in [0.05, 0.1) is 19.8 Å². The molecule has 1 rings (SSSR count). The topological polar surface area (TPSA) is 35.5 Å². The number of unbranched alkanes of at least 4 members (excludes halogenated alkanes) is 1. The van der Waals surface area contributed by atoms with Crippen molar-refractivity contribution in [2.45, 2.75) is 26.2 Å². The molecular weight excluding hydrogens is 204 g/mol. The van der Waals surface area contributed by atoms with Gasteiger partial charge >= 0.3 is 0 Å². The summed E-state index contributed by atoms with van der Waals surface area (Å²) in [7, 11) is 3.18. The van der Waals surface area contributed by atoms with Gasteiger partial charge in [-0.05, 0) is 30.5 Å². The van der Waals surface area contributed by atoms with Crippen LogP contribution in [0.25, 0.3) is 0 Å². The summed E-state index contributed by atoms with van der Waals surface area (Å²) in [6, 6.07) is 3.62. The van der Waals surface area contributed by atoms with Gasteiger partial charge in [-0.1, -0.05) is 13.3 Å². The lowest BCUT2D eigenvalue weighted by Crippen LogP contribution is -1.98. The Balaban J connectivity index is 3.09. The second kappa shape index (κ2) is 6.16. The number of aryl methyl sites for hydroxylation is 1. The quantitative estimate of drug-likeness (QED) is 0.694. The van der Waals surface area contributed by atoms with Crippen LogP contribution in [-0.2, 0) is 6.42 Å². The van der Waals surface area contributed by atoms with E-state index in [0.29, 0.717) is 11.3 Å². The Bertz CT molecular complexity index is 358. The lowest BCUT2D eigenvalue weighted by Gasteiger charge is -2.12. The third-order valence-corrected chi connectivity index (χ3v) is 2.56. The number of carbonyl (C=O) groups excluding carboxylic acids is 1. The van der Waals surface area contributed by atoms with Crippen LogP contribution in [0.4, 0.5) is 0 Å². The second-order valence-electron chi connectivity index (χ2n) is 3.63. The van der Waals surface area contributed by atoms with E-state index in [9.17, 15) is 4.79 Å². The smallest absolute Gasteiger partial charge is 0.153 e. The summed E-state index contributed by atoms with van der Waals surface area (Å²) in [5.41, 5.74) is 1.62. The second-order valence-corrected chi connectivity index (χ2v) is 3.63. The molecule has 0 unspecified atom stereocenters. The van der Waals surface area contributed by atoms with Gasteiger partial charge in [0, 0.05) is 0 Å². The molecule has 1 aromatic carbocycles. The Morgan fingerprint density at radius 2 is 1.88 bits per heavy atom. The first-order valence-electron chi connectivity index (χ1n) is 5.46. The summed E-state index contributed by atoms with van der Waals surface area (Å²) < 4.78 is 10.4. The molecule has 0 N–H and O–H groups in total. The lowest BCUT2D eigenvalue weighted by molar-refractivity contribution is 0.112. The summed E-state index contributed by atoms with van der Waals surface area (Å²) in [4.78, 5) is 10.8. The van der Waals surface area contributed by atoms with E-state index in [0.717, 1.165) is 36.9 Å². The van der Waals surface area contributed by atoms with Crippen molar-refractivity contribution >= 4 is 6.29 Å². The van der Waals surface area contributed by atoms with Crippen LogP contribution in [0.2, 0.25) is 0 Å². The molecule has 0 aliphatic carbocycles. The van der Waals surface area contributed by atoms with Crippen molar-refractivity contribution in [3.05, 3.63) is 23.3 Å². The number of benzene rings is 1. The maximum Gasteiger partial charge on any atom is 0.153 e. The van der Waals surface area contributed by atoms with Gasteiger partial charge in [0.2, 0.25) is 0 Å². The Hall–Kier alpha value is -1.51. The van der Waals surface area contributed by atoms with Crippen molar-refractivity contribution in [2.24, 2.45) is 0 Å². The maximum atomic E-state index is 10.8. The Kier molecular flexibility index (Phi) is 4.83. The first kappa shape index (κ1) is 12.6. The van der Waals surface area contributed by atoms with Crippen LogP contribution in [-0.4, -0.2) is 20.5 Å². The Morgan fingerprint density at radius 1 is 1.19 bits per heavy atom. The monoisotopic (exact) mass is 222 g/mol. The molecule has 0 radical (unpaired) electrons. The van der Waals surface area contributed by atoms with Gasteiger partial charge in [0.1, 0.15) is 11.5 Å². The first-order chi connectivity index (χ1) is 7.76. The molecule has 0 heterocycles. The number of rotatable bonds is 6. The van der Waals surface area contributed by atoms with E-state index in [4.69, 9.17) is 9.47 Å². The molecule has 0 aliphatic rings. The minimum Gasteiger partial charge on any atom is -0.496 e. The van der Waals surface area contributed by atoms with E-state index < -0.39 is 0 Å². The summed E-state index contributed by atoms with van der Waals surface area (Å²) in [5.74, 6) is 1.37. The molecule has 3 nitrogen and oxygen atoms in total. The van der Waals surface area contributed by atoms with Crippen molar-refractivity contribution in [3.8, 4) is 11.5 Å². The van der Waals surface area contributed by atoms with Crippen LogP contribution in [0.5, 0.6) is 11.5 Å². The molecule has 0 aliphatic heterocycles. The van der Waals surface area contributed by atoms with Gasteiger partial charge in [-0.15, -0.1) is 0 Å². The molecule has 0 bridgehead atoms. The molecule has 88 valence electrons. The lowest BCUT2D eigenvalue weighted by atomic mass is 10.0. The molecule has 0 saturated carbocycles. The molecule has 0 fully saturated rings. The highest BCUT2D eigenvalue weighted by atomic mass is 16.5. The van der Waals surface area contributed by atoms with Crippen LogP contribution >= 0.6 is 0 Å². The predicted molar refractivity (Wildman–Crippen MR) is 63.5 cm³/mol. The summed E-state index contributed by atoms with van der Waals surface area (Å²) in [5, 5.41) is 0. The van der Waals surface area contributed by atoms with E-state index in [1.54, 1.807) is 20.3 Å². The highest BCUT2D eigenvalue weighted by Gasteiger charge is 2.10. The van der Waals surface area contributed by atoms with Gasteiger partial charge in [-0.25, -0.2) is 0 Å². The van der Waals surface area contributed by atoms with Crippen LogP contribution in [0.15, 0.2) is 12.1 Å². The molecular formula is C13H18O3. The number of hydrogen-bond acceptors (Lipinski definition) is 3. The minimum absolute atomic E-state index is 0.527. The zero-order chi connectivity index (χ0) is 12.0. The fraction of sp³-hybridized carbons (Fsp3) is 0.462. The average Bonchev–Trinajstić information content (AvgIpc) is 2.35. The molecule has 0 amide bonds. The Labute approximate surface area is 96.4 Å². The molecule has 0 atom stereocenters. The van der Waals surface area contributed by atoms with Crippen molar-refractivity contribution in [2.75, 3.05) is 14.2 Å². The van der Waals surface area contributed by atoms with Crippen LogP contribution in [0.3, 0.4) is 0 Å². The highest BCUT2D eigenvalue weighted by molar-refractivity contribution is 5.80. The standard InChI is InChI=1S/C13H18O3/c1-4-5-6-10-7-13(16-3)11(9-14)8-12(10)15-2/h7-9H,4-6H2,1-3H3. The summed E-state index contributed by atoms with van der Waals surface area (Å²) >= 11 is 0. The third kappa shape index (κ3) is 2.75. The average molecular weight is 222 g/mol. The van der Waals surface area contributed by atoms with Crippen molar-refractivity contribution < 1.29 is 14.3 Å². The SMILES string of the molecule is CCCCc1cc(OC)c(C=O)cc1OC. The molecule has 0 aromatic heterocycles. The first-order valence-corrected chi connectivity index (χ1v) is 5.46. The fourth-order valence-corrected chi connectivity index (χ4v) is 1.64. The zero-order valence-corrected chi connectivity index (χ0v) is 10.1. The van der Waals surface area contributed by atoms with Crippen LogP contribution in [0.1, 0.15) is 35.7 Å². The van der Waals surface area contributed by atoms with Gasteiger partial charge in [-0.2, -0.15) is 0 Å². The third-order valence-electron chi connectivity index (χ3n) is 2.56. The summed E-state index contributed by atoms with van der Waals surface area (Å²) in [6.45, 7) is 2.14. The fourth-order valence-electron chi connectivity index (χ4n) is 1.64. The van der Waals surface area contributed by atoms with Gasteiger partial charge in [0.15, 0.2) is 6.29 Å². The minimum atomic E-state index is 0.527. The van der Waals surface area contributed by atoms with Gasteiger partial charge in [0.25, 0.3) is 0 Å².